The van der Waals surface area contributed by atoms with Crippen LogP contribution in [0.25, 0.3) is 0 Å². The number of hydrogen-bond donors (Lipinski definition) is 1. The normalized spacial score (nSPS) is 20.8. The molecule has 1 N–H and O–H groups in total. The second kappa shape index (κ2) is 7.64. The van der Waals surface area contributed by atoms with Gasteiger partial charge in [0, 0.05) is 45.5 Å². The van der Waals surface area contributed by atoms with E-state index >= 15 is 0 Å². The van der Waals surface area contributed by atoms with Gasteiger partial charge in [0.1, 0.15) is 0 Å². The van der Waals surface area contributed by atoms with E-state index < -0.39 is 14.6 Å². The van der Waals surface area contributed by atoms with Gasteiger partial charge >= 0.3 is 0 Å². The third-order valence-corrected chi connectivity index (χ3v) is 7.47. The summed E-state index contributed by atoms with van der Waals surface area (Å²) in [4.78, 5) is 8.60. The predicted molar refractivity (Wildman–Crippen MR) is 105 cm³/mol. The van der Waals surface area contributed by atoms with Gasteiger partial charge in [0.25, 0.3) is 0 Å². The predicted octanol–water partition coefficient (Wildman–Crippen LogP) is 1.60. The van der Waals surface area contributed by atoms with Gasteiger partial charge < -0.3 is 15.1 Å². The monoisotopic (exact) mass is 366 g/mol. The molecule has 0 aliphatic carbocycles. The molecule has 0 bridgehead atoms. The van der Waals surface area contributed by atoms with E-state index in [9.17, 15) is 8.42 Å². The summed E-state index contributed by atoms with van der Waals surface area (Å²) in [6.07, 6.45) is 0. The lowest BCUT2D eigenvalue weighted by Gasteiger charge is -2.39. The second-order valence-corrected chi connectivity index (χ2v) is 9.97. The van der Waals surface area contributed by atoms with E-state index in [0.29, 0.717) is 13.1 Å². The lowest BCUT2D eigenvalue weighted by molar-refractivity contribution is 0.352. The molecule has 0 saturated carbocycles. The summed E-state index contributed by atoms with van der Waals surface area (Å²) >= 11 is 0. The zero-order valence-corrected chi connectivity index (χ0v) is 16.7. The molecule has 1 fully saturated rings. The van der Waals surface area contributed by atoms with E-state index in [1.165, 1.54) is 0 Å². The first kappa shape index (κ1) is 19.6. The Bertz CT molecular complexity index is 701. The van der Waals surface area contributed by atoms with Crippen LogP contribution in [0, 0.1) is 0 Å². The number of likely N-dealkylation sites (N-methyl/N-ethyl adjacent to an activating group) is 1. The molecule has 1 atom stereocenters. The Hall–Kier alpha value is -1.76. The standard InChI is InChI=1S/C18H30N4O2S/c1-15(21(5)16-9-7-6-8-10-16)13-20-17(19-4)22-11-12-25(23,24)18(2,3)14-22/h6-10,15H,11-14H2,1-5H3,(H,19,20). The Kier molecular flexibility index (Phi) is 5.98. The smallest absolute Gasteiger partial charge is 0.193 e. The minimum Gasteiger partial charge on any atom is -0.370 e. The molecule has 1 saturated heterocycles. The van der Waals surface area contributed by atoms with E-state index in [2.05, 4.69) is 41.3 Å². The van der Waals surface area contributed by atoms with E-state index in [0.717, 1.165) is 18.2 Å². The Balaban J connectivity index is 1.97. The maximum atomic E-state index is 12.2. The van der Waals surface area contributed by atoms with Gasteiger partial charge in [-0.25, -0.2) is 8.42 Å². The van der Waals surface area contributed by atoms with E-state index in [-0.39, 0.29) is 11.8 Å². The van der Waals surface area contributed by atoms with Crippen molar-refractivity contribution in [3.63, 3.8) is 0 Å². The van der Waals surface area contributed by atoms with Crippen molar-refractivity contribution >= 4 is 21.5 Å². The van der Waals surface area contributed by atoms with Gasteiger partial charge in [-0.2, -0.15) is 0 Å². The van der Waals surface area contributed by atoms with Crippen LogP contribution in [0.2, 0.25) is 0 Å². The molecule has 1 aromatic rings. The minimum atomic E-state index is -3.05. The van der Waals surface area contributed by atoms with Crippen LogP contribution in [0.3, 0.4) is 0 Å². The lowest BCUT2D eigenvalue weighted by atomic mass is 10.2. The van der Waals surface area contributed by atoms with Crippen molar-refractivity contribution in [1.29, 1.82) is 0 Å². The molecule has 1 heterocycles. The van der Waals surface area contributed by atoms with Crippen LogP contribution in [0.4, 0.5) is 5.69 Å². The molecule has 1 unspecified atom stereocenters. The number of nitrogens with zero attached hydrogens (tertiary/aromatic N) is 3. The summed E-state index contributed by atoms with van der Waals surface area (Å²) in [6, 6.07) is 10.5. The van der Waals surface area contributed by atoms with E-state index in [1.807, 2.05) is 23.1 Å². The van der Waals surface area contributed by atoms with Gasteiger partial charge in [-0.1, -0.05) is 18.2 Å². The maximum Gasteiger partial charge on any atom is 0.193 e. The largest absolute Gasteiger partial charge is 0.370 e. The van der Waals surface area contributed by atoms with Gasteiger partial charge in [0.05, 0.1) is 10.5 Å². The summed E-state index contributed by atoms with van der Waals surface area (Å²) in [5.74, 6) is 0.927. The van der Waals surface area contributed by atoms with Gasteiger partial charge in [-0.3, -0.25) is 4.99 Å². The van der Waals surface area contributed by atoms with Crippen molar-refractivity contribution in [2.45, 2.75) is 31.6 Å². The second-order valence-electron chi connectivity index (χ2n) is 7.22. The van der Waals surface area contributed by atoms with Gasteiger partial charge in [0.2, 0.25) is 0 Å². The maximum absolute atomic E-state index is 12.2. The molecule has 2 rings (SSSR count). The molecule has 1 aliphatic rings. The molecule has 1 aromatic carbocycles. The van der Waals surface area contributed by atoms with Crippen LogP contribution in [-0.4, -0.2) is 69.5 Å². The molecule has 0 amide bonds. The molecular formula is C18H30N4O2S. The molecule has 0 radical (unpaired) electrons. The number of anilines is 1. The first-order valence-corrected chi connectivity index (χ1v) is 10.3. The fraction of sp³-hybridized carbons (Fsp3) is 0.611. The number of guanidine groups is 1. The number of rotatable bonds is 4. The summed E-state index contributed by atoms with van der Waals surface area (Å²) in [7, 11) is 0.761. The van der Waals surface area contributed by atoms with Gasteiger partial charge in [0.15, 0.2) is 15.8 Å². The van der Waals surface area contributed by atoms with Crippen LogP contribution < -0.4 is 10.2 Å². The van der Waals surface area contributed by atoms with Crippen LogP contribution in [0.1, 0.15) is 20.8 Å². The third-order valence-electron chi connectivity index (χ3n) is 4.94. The molecule has 1 aliphatic heterocycles. The Labute approximate surface area is 151 Å². The van der Waals surface area contributed by atoms with Gasteiger partial charge in [-0.05, 0) is 32.9 Å². The number of para-hydroxylation sites is 1. The fourth-order valence-electron chi connectivity index (χ4n) is 2.95. The number of aliphatic imine (C=N–C) groups is 1. The van der Waals surface area contributed by atoms with Crippen LogP contribution in [-0.2, 0) is 9.84 Å². The Morgan fingerprint density at radius 2 is 2.00 bits per heavy atom. The highest BCUT2D eigenvalue weighted by molar-refractivity contribution is 7.92. The van der Waals surface area contributed by atoms with Crippen molar-refractivity contribution in [1.82, 2.24) is 10.2 Å². The average Bonchev–Trinajstić information content (AvgIpc) is 2.58. The van der Waals surface area contributed by atoms with Gasteiger partial charge in [-0.15, -0.1) is 0 Å². The Morgan fingerprint density at radius 1 is 1.36 bits per heavy atom. The highest BCUT2D eigenvalue weighted by Gasteiger charge is 2.40. The quantitative estimate of drug-likeness (QED) is 0.648. The van der Waals surface area contributed by atoms with Crippen LogP contribution in [0.15, 0.2) is 35.3 Å². The molecule has 0 aromatic heterocycles. The summed E-state index contributed by atoms with van der Waals surface area (Å²) in [5.41, 5.74) is 1.16. The molecule has 6 nitrogen and oxygen atoms in total. The SMILES string of the molecule is CN=C(NCC(C)N(C)c1ccccc1)N1CCS(=O)(=O)C(C)(C)C1. The van der Waals surface area contributed by atoms with E-state index in [1.54, 1.807) is 20.9 Å². The van der Waals surface area contributed by atoms with E-state index in [4.69, 9.17) is 0 Å². The molecular weight excluding hydrogens is 336 g/mol. The van der Waals surface area contributed by atoms with Crippen molar-refractivity contribution in [3.8, 4) is 0 Å². The van der Waals surface area contributed by atoms with Crippen LogP contribution in [0.5, 0.6) is 0 Å². The molecule has 25 heavy (non-hydrogen) atoms. The molecule has 7 heteroatoms. The number of benzene rings is 1. The number of sulfone groups is 1. The zero-order chi connectivity index (χ0) is 18.7. The molecule has 0 spiro atoms. The highest BCUT2D eigenvalue weighted by atomic mass is 32.2. The Morgan fingerprint density at radius 3 is 2.56 bits per heavy atom. The number of nitrogens with one attached hydrogen (secondary N) is 1. The van der Waals surface area contributed by atoms with Crippen LogP contribution >= 0.6 is 0 Å². The van der Waals surface area contributed by atoms with Crippen molar-refractivity contribution in [2.75, 3.05) is 44.4 Å². The van der Waals surface area contributed by atoms with Crippen molar-refractivity contribution in [2.24, 2.45) is 4.99 Å². The summed E-state index contributed by atoms with van der Waals surface area (Å²) in [6.45, 7) is 7.38. The topological polar surface area (TPSA) is 65.0 Å². The summed E-state index contributed by atoms with van der Waals surface area (Å²) < 4.78 is 23.6. The first-order chi connectivity index (χ1) is 11.7. The lowest BCUT2D eigenvalue weighted by Crippen LogP contribution is -2.58. The average molecular weight is 367 g/mol. The highest BCUT2D eigenvalue weighted by Crippen LogP contribution is 2.23. The zero-order valence-electron chi connectivity index (χ0n) is 15.9. The third kappa shape index (κ3) is 4.45. The van der Waals surface area contributed by atoms with Crippen molar-refractivity contribution in [3.05, 3.63) is 30.3 Å². The first-order valence-electron chi connectivity index (χ1n) is 8.64. The minimum absolute atomic E-state index is 0.167. The van der Waals surface area contributed by atoms with Crippen molar-refractivity contribution < 1.29 is 8.42 Å². The molecule has 140 valence electrons. The fourth-order valence-corrected chi connectivity index (χ4v) is 4.32. The summed E-state index contributed by atoms with van der Waals surface area (Å²) in [5, 5.41) is 3.39. The number of hydrogen-bond acceptors (Lipinski definition) is 4.